The Morgan fingerprint density at radius 3 is 2.27 bits per heavy atom. The SMILES string of the molecule is OCC1(C(F)(F)F)CCNC1. The number of hydrogen-bond donors (Lipinski definition) is 2. The standard InChI is InChI=1S/C6H10F3NO/c7-6(8,9)5(4-11)1-2-10-3-5/h10-11H,1-4H2. The molecule has 1 rings (SSSR count). The Morgan fingerprint density at radius 2 is 2.09 bits per heavy atom. The average molecular weight is 169 g/mol. The van der Waals surface area contributed by atoms with Crippen LogP contribution in [-0.2, 0) is 0 Å². The quantitative estimate of drug-likeness (QED) is 0.599. The second-order valence-corrected chi connectivity index (χ2v) is 2.86. The zero-order valence-corrected chi connectivity index (χ0v) is 5.91. The molecule has 0 radical (unpaired) electrons. The van der Waals surface area contributed by atoms with Crippen molar-refractivity contribution in [2.75, 3.05) is 19.7 Å². The van der Waals surface area contributed by atoms with Crippen molar-refractivity contribution in [2.45, 2.75) is 12.6 Å². The lowest BCUT2D eigenvalue weighted by molar-refractivity contribution is -0.227. The molecule has 66 valence electrons. The highest BCUT2D eigenvalue weighted by atomic mass is 19.4. The van der Waals surface area contributed by atoms with Crippen molar-refractivity contribution in [1.82, 2.24) is 5.32 Å². The molecule has 5 heteroatoms. The molecule has 0 amide bonds. The van der Waals surface area contributed by atoms with Gasteiger partial charge in [-0.25, -0.2) is 0 Å². The van der Waals surface area contributed by atoms with Crippen LogP contribution in [0.1, 0.15) is 6.42 Å². The van der Waals surface area contributed by atoms with E-state index in [1.807, 2.05) is 0 Å². The zero-order chi connectivity index (χ0) is 8.54. The first-order chi connectivity index (χ1) is 5.02. The Bertz CT molecular complexity index is 139. The van der Waals surface area contributed by atoms with Crippen LogP contribution < -0.4 is 5.32 Å². The fraction of sp³-hybridized carbons (Fsp3) is 1.00. The minimum Gasteiger partial charge on any atom is -0.395 e. The fourth-order valence-corrected chi connectivity index (χ4v) is 1.21. The molecule has 0 aliphatic carbocycles. The summed E-state index contributed by atoms with van der Waals surface area (Å²) in [5, 5.41) is 11.2. The summed E-state index contributed by atoms with van der Waals surface area (Å²) >= 11 is 0. The largest absolute Gasteiger partial charge is 0.397 e. The summed E-state index contributed by atoms with van der Waals surface area (Å²) in [4.78, 5) is 0. The van der Waals surface area contributed by atoms with E-state index in [0.29, 0.717) is 6.54 Å². The van der Waals surface area contributed by atoms with Crippen LogP contribution in [0.4, 0.5) is 13.2 Å². The Balaban J connectivity index is 2.75. The fourth-order valence-electron chi connectivity index (χ4n) is 1.21. The predicted molar refractivity (Wildman–Crippen MR) is 33.1 cm³/mol. The number of rotatable bonds is 1. The Morgan fingerprint density at radius 1 is 1.45 bits per heavy atom. The van der Waals surface area contributed by atoms with Crippen molar-refractivity contribution < 1.29 is 18.3 Å². The number of nitrogens with one attached hydrogen (secondary N) is 1. The van der Waals surface area contributed by atoms with E-state index >= 15 is 0 Å². The van der Waals surface area contributed by atoms with Crippen molar-refractivity contribution in [1.29, 1.82) is 0 Å². The van der Waals surface area contributed by atoms with Gasteiger partial charge in [0.25, 0.3) is 0 Å². The van der Waals surface area contributed by atoms with Gasteiger partial charge in [0.1, 0.15) is 5.41 Å². The second kappa shape index (κ2) is 2.64. The molecule has 0 aromatic carbocycles. The van der Waals surface area contributed by atoms with Gasteiger partial charge in [0.05, 0.1) is 6.61 Å². The summed E-state index contributed by atoms with van der Waals surface area (Å²) in [6, 6.07) is 0. The Kier molecular flexibility index (Phi) is 2.11. The maximum Gasteiger partial charge on any atom is 0.397 e. The van der Waals surface area contributed by atoms with E-state index in [9.17, 15) is 13.2 Å². The number of aliphatic hydroxyl groups is 1. The lowest BCUT2D eigenvalue weighted by Gasteiger charge is -2.28. The van der Waals surface area contributed by atoms with Gasteiger partial charge in [0, 0.05) is 6.54 Å². The number of aliphatic hydroxyl groups excluding tert-OH is 1. The normalized spacial score (nSPS) is 32.7. The summed E-state index contributed by atoms with van der Waals surface area (Å²) in [7, 11) is 0. The highest BCUT2D eigenvalue weighted by Crippen LogP contribution is 2.42. The van der Waals surface area contributed by atoms with E-state index in [1.165, 1.54) is 0 Å². The van der Waals surface area contributed by atoms with Crippen LogP contribution in [0.2, 0.25) is 0 Å². The van der Waals surface area contributed by atoms with E-state index in [4.69, 9.17) is 5.11 Å². The molecule has 1 heterocycles. The average Bonchev–Trinajstić information content (AvgIpc) is 2.33. The molecule has 1 atom stereocenters. The van der Waals surface area contributed by atoms with Crippen LogP contribution in [0.25, 0.3) is 0 Å². The van der Waals surface area contributed by atoms with Gasteiger partial charge >= 0.3 is 6.18 Å². The molecule has 1 aliphatic heterocycles. The van der Waals surface area contributed by atoms with Gasteiger partial charge in [-0.2, -0.15) is 13.2 Å². The van der Waals surface area contributed by atoms with Gasteiger partial charge in [-0.3, -0.25) is 0 Å². The molecule has 1 aliphatic rings. The van der Waals surface area contributed by atoms with E-state index in [2.05, 4.69) is 5.32 Å². The van der Waals surface area contributed by atoms with Gasteiger partial charge in [0.15, 0.2) is 0 Å². The van der Waals surface area contributed by atoms with Crippen LogP contribution in [-0.4, -0.2) is 31.0 Å². The van der Waals surface area contributed by atoms with Gasteiger partial charge in [-0.1, -0.05) is 0 Å². The predicted octanol–water partition coefficient (Wildman–Crippen LogP) is 0.521. The van der Waals surface area contributed by atoms with Crippen LogP contribution in [0.15, 0.2) is 0 Å². The van der Waals surface area contributed by atoms with Crippen LogP contribution >= 0.6 is 0 Å². The summed E-state index contributed by atoms with van der Waals surface area (Å²) in [5.41, 5.74) is -1.88. The Hall–Kier alpha value is -0.290. The lowest BCUT2D eigenvalue weighted by atomic mass is 9.87. The second-order valence-electron chi connectivity index (χ2n) is 2.86. The smallest absolute Gasteiger partial charge is 0.395 e. The van der Waals surface area contributed by atoms with E-state index in [-0.39, 0.29) is 13.0 Å². The van der Waals surface area contributed by atoms with E-state index in [1.54, 1.807) is 0 Å². The third kappa shape index (κ3) is 1.35. The van der Waals surface area contributed by atoms with Crippen LogP contribution in [0, 0.1) is 5.41 Å². The van der Waals surface area contributed by atoms with E-state index < -0.39 is 18.2 Å². The highest BCUT2D eigenvalue weighted by molar-refractivity contribution is 4.93. The molecule has 0 aromatic rings. The van der Waals surface area contributed by atoms with Crippen molar-refractivity contribution in [3.8, 4) is 0 Å². The maximum absolute atomic E-state index is 12.2. The molecule has 2 nitrogen and oxygen atoms in total. The lowest BCUT2D eigenvalue weighted by Crippen LogP contribution is -2.42. The molecule has 0 bridgehead atoms. The molecule has 0 saturated carbocycles. The highest BCUT2D eigenvalue weighted by Gasteiger charge is 2.55. The first-order valence-corrected chi connectivity index (χ1v) is 3.40. The Labute approximate surface area is 62.4 Å². The molecule has 1 saturated heterocycles. The van der Waals surface area contributed by atoms with Crippen molar-refractivity contribution in [2.24, 2.45) is 5.41 Å². The molecule has 0 spiro atoms. The molecule has 11 heavy (non-hydrogen) atoms. The van der Waals surface area contributed by atoms with Gasteiger partial charge in [0.2, 0.25) is 0 Å². The first-order valence-electron chi connectivity index (χ1n) is 3.40. The van der Waals surface area contributed by atoms with Crippen molar-refractivity contribution >= 4 is 0 Å². The summed E-state index contributed by atoms with van der Waals surface area (Å²) in [6.07, 6.45) is -4.31. The number of alkyl halides is 3. The number of hydrogen-bond acceptors (Lipinski definition) is 2. The third-order valence-corrected chi connectivity index (χ3v) is 2.15. The minimum atomic E-state index is -4.29. The maximum atomic E-state index is 12.2. The summed E-state index contributed by atoms with van der Waals surface area (Å²) in [5.74, 6) is 0. The minimum absolute atomic E-state index is 0.0208. The van der Waals surface area contributed by atoms with E-state index in [0.717, 1.165) is 0 Å². The van der Waals surface area contributed by atoms with Crippen molar-refractivity contribution in [3.05, 3.63) is 0 Å². The molecule has 2 N–H and O–H groups in total. The summed E-state index contributed by atoms with van der Waals surface area (Å²) < 4.78 is 36.6. The van der Waals surface area contributed by atoms with Gasteiger partial charge in [-0.05, 0) is 13.0 Å². The summed E-state index contributed by atoms with van der Waals surface area (Å²) in [6.45, 7) is -0.642. The van der Waals surface area contributed by atoms with Crippen molar-refractivity contribution in [3.63, 3.8) is 0 Å². The topological polar surface area (TPSA) is 32.3 Å². The molecule has 1 unspecified atom stereocenters. The van der Waals surface area contributed by atoms with Gasteiger partial charge in [-0.15, -0.1) is 0 Å². The van der Waals surface area contributed by atoms with Crippen LogP contribution in [0.5, 0.6) is 0 Å². The van der Waals surface area contributed by atoms with Crippen LogP contribution in [0.3, 0.4) is 0 Å². The monoisotopic (exact) mass is 169 g/mol. The third-order valence-electron chi connectivity index (χ3n) is 2.15. The zero-order valence-electron chi connectivity index (χ0n) is 5.91. The molecule has 0 aromatic heterocycles. The van der Waals surface area contributed by atoms with Gasteiger partial charge < -0.3 is 10.4 Å². The molecular formula is C6H10F3NO. The molecular weight excluding hydrogens is 159 g/mol. The first kappa shape index (κ1) is 8.80. The molecule has 1 fully saturated rings. The number of halogens is 3.